The molecule has 1 saturated heterocycles. The lowest BCUT2D eigenvalue weighted by Gasteiger charge is -2.35. The second-order valence-corrected chi connectivity index (χ2v) is 6.40. The molecule has 1 aliphatic rings. The lowest BCUT2D eigenvalue weighted by molar-refractivity contribution is -0.117. The number of carbonyl (C=O) groups excluding carboxylic acids is 1. The van der Waals surface area contributed by atoms with Crippen LogP contribution < -0.4 is 10.2 Å². The summed E-state index contributed by atoms with van der Waals surface area (Å²) in [7, 11) is 0. The molecule has 0 bridgehead atoms. The number of hydrogen-bond acceptors (Lipinski definition) is 4. The normalized spacial score (nSPS) is 15.7. The average Bonchev–Trinajstić information content (AvgIpc) is 3.04. The highest BCUT2D eigenvalue weighted by molar-refractivity contribution is 5.91. The van der Waals surface area contributed by atoms with E-state index in [-0.39, 0.29) is 11.9 Å². The molecule has 1 aromatic heterocycles. The first-order valence-corrected chi connectivity index (χ1v) is 8.49. The second-order valence-electron chi connectivity index (χ2n) is 6.40. The molecule has 1 aliphatic heterocycles. The summed E-state index contributed by atoms with van der Waals surface area (Å²) in [6, 6.07) is 12.5. The Hall–Kier alpha value is -2.34. The minimum Gasteiger partial charge on any atom is -0.369 e. The van der Waals surface area contributed by atoms with Crippen molar-refractivity contribution in [1.82, 2.24) is 14.7 Å². The molecule has 0 atom stereocenters. The maximum atomic E-state index is 12.3. The predicted molar refractivity (Wildman–Crippen MR) is 96.3 cm³/mol. The van der Waals surface area contributed by atoms with Crippen molar-refractivity contribution in [3.63, 3.8) is 0 Å². The molecule has 128 valence electrons. The lowest BCUT2D eigenvalue weighted by Crippen LogP contribution is -2.48. The molecule has 3 rings (SSSR count). The number of piperazine rings is 1. The average molecular weight is 327 g/mol. The fourth-order valence-electron chi connectivity index (χ4n) is 3.01. The monoisotopic (exact) mass is 327 g/mol. The molecule has 2 heterocycles. The zero-order valence-corrected chi connectivity index (χ0v) is 14.4. The number of benzene rings is 1. The molecule has 1 N–H and O–H groups in total. The molecule has 24 heavy (non-hydrogen) atoms. The minimum absolute atomic E-state index is 0.0190. The third kappa shape index (κ3) is 3.94. The Kier molecular flexibility index (Phi) is 5.15. The molecule has 0 radical (unpaired) electrons. The van der Waals surface area contributed by atoms with Crippen molar-refractivity contribution in [3.05, 3.63) is 42.6 Å². The molecule has 0 spiro atoms. The van der Waals surface area contributed by atoms with E-state index in [1.165, 1.54) is 5.69 Å². The summed E-state index contributed by atoms with van der Waals surface area (Å²) in [4.78, 5) is 16.9. The van der Waals surface area contributed by atoms with E-state index in [2.05, 4.69) is 44.5 Å². The van der Waals surface area contributed by atoms with Crippen LogP contribution in [0, 0.1) is 0 Å². The van der Waals surface area contributed by atoms with Gasteiger partial charge in [0, 0.05) is 44.0 Å². The molecule has 2 aromatic rings. The van der Waals surface area contributed by atoms with Gasteiger partial charge in [-0.1, -0.05) is 18.2 Å². The first-order chi connectivity index (χ1) is 11.6. The molecule has 1 amide bonds. The van der Waals surface area contributed by atoms with Crippen molar-refractivity contribution in [3.8, 4) is 0 Å². The van der Waals surface area contributed by atoms with Gasteiger partial charge in [0.2, 0.25) is 5.91 Å². The van der Waals surface area contributed by atoms with E-state index in [9.17, 15) is 4.79 Å². The van der Waals surface area contributed by atoms with Crippen LogP contribution >= 0.6 is 0 Å². The van der Waals surface area contributed by atoms with E-state index in [1.807, 2.05) is 30.7 Å². The Morgan fingerprint density at radius 3 is 2.50 bits per heavy atom. The van der Waals surface area contributed by atoms with Gasteiger partial charge in [-0.3, -0.25) is 9.69 Å². The van der Waals surface area contributed by atoms with E-state index < -0.39 is 0 Å². The number of nitrogens with one attached hydrogen (secondary N) is 1. The fraction of sp³-hybridized carbons (Fsp3) is 0.444. The van der Waals surface area contributed by atoms with Gasteiger partial charge < -0.3 is 10.2 Å². The van der Waals surface area contributed by atoms with Crippen LogP contribution in [0.15, 0.2) is 42.6 Å². The topological polar surface area (TPSA) is 53.4 Å². The number of carbonyl (C=O) groups is 1. The van der Waals surface area contributed by atoms with Gasteiger partial charge in [-0.15, -0.1) is 0 Å². The van der Waals surface area contributed by atoms with Gasteiger partial charge in [-0.2, -0.15) is 5.10 Å². The van der Waals surface area contributed by atoms with Crippen molar-refractivity contribution in [2.45, 2.75) is 19.9 Å². The van der Waals surface area contributed by atoms with Crippen molar-refractivity contribution in [1.29, 1.82) is 0 Å². The Morgan fingerprint density at radius 2 is 1.83 bits per heavy atom. The van der Waals surface area contributed by atoms with E-state index >= 15 is 0 Å². The minimum atomic E-state index is 0.0190. The van der Waals surface area contributed by atoms with Crippen LogP contribution in [0.5, 0.6) is 0 Å². The van der Waals surface area contributed by atoms with Gasteiger partial charge in [-0.25, -0.2) is 4.68 Å². The Morgan fingerprint density at radius 1 is 1.12 bits per heavy atom. The van der Waals surface area contributed by atoms with Crippen molar-refractivity contribution in [2.75, 3.05) is 42.9 Å². The second kappa shape index (κ2) is 7.49. The van der Waals surface area contributed by atoms with Crippen LogP contribution in [0.3, 0.4) is 0 Å². The standard InChI is InChI=1S/C18H25N5O/c1-15(2)23-17(8-9-19-23)20-18(24)14-21-10-12-22(13-11-21)16-6-4-3-5-7-16/h3-9,15H,10-14H2,1-2H3,(H,20,24). The Labute approximate surface area is 143 Å². The zero-order chi connectivity index (χ0) is 16.9. The molecule has 1 fully saturated rings. The van der Waals surface area contributed by atoms with Gasteiger partial charge in [0.05, 0.1) is 12.7 Å². The number of hydrogen-bond donors (Lipinski definition) is 1. The van der Waals surface area contributed by atoms with Crippen molar-refractivity contribution in [2.24, 2.45) is 0 Å². The highest BCUT2D eigenvalue weighted by atomic mass is 16.2. The summed E-state index contributed by atoms with van der Waals surface area (Å²) in [5.41, 5.74) is 1.25. The summed E-state index contributed by atoms with van der Waals surface area (Å²) in [5, 5.41) is 7.21. The van der Waals surface area contributed by atoms with Gasteiger partial charge in [0.25, 0.3) is 0 Å². The summed E-state index contributed by atoms with van der Waals surface area (Å²) in [6.07, 6.45) is 1.72. The summed E-state index contributed by atoms with van der Waals surface area (Å²) < 4.78 is 1.82. The number of aromatic nitrogens is 2. The first kappa shape index (κ1) is 16.5. The molecular formula is C18H25N5O. The maximum Gasteiger partial charge on any atom is 0.239 e. The SMILES string of the molecule is CC(C)n1nccc1NC(=O)CN1CCN(c2ccccc2)CC1. The van der Waals surface area contributed by atoms with Crippen LogP contribution in [0.2, 0.25) is 0 Å². The smallest absolute Gasteiger partial charge is 0.239 e. The van der Waals surface area contributed by atoms with Crippen LogP contribution in [-0.4, -0.2) is 53.3 Å². The predicted octanol–water partition coefficient (Wildman–Crippen LogP) is 2.22. The molecule has 1 aromatic carbocycles. The summed E-state index contributed by atoms with van der Waals surface area (Å²) in [5.74, 6) is 0.781. The summed E-state index contributed by atoms with van der Waals surface area (Å²) >= 11 is 0. The fourth-order valence-corrected chi connectivity index (χ4v) is 3.01. The van der Waals surface area contributed by atoms with Crippen molar-refractivity contribution >= 4 is 17.4 Å². The number of para-hydroxylation sites is 1. The van der Waals surface area contributed by atoms with Crippen LogP contribution in [0.25, 0.3) is 0 Å². The van der Waals surface area contributed by atoms with Crippen molar-refractivity contribution < 1.29 is 4.79 Å². The zero-order valence-electron chi connectivity index (χ0n) is 14.4. The van der Waals surface area contributed by atoms with Gasteiger partial charge >= 0.3 is 0 Å². The maximum absolute atomic E-state index is 12.3. The molecule has 6 nitrogen and oxygen atoms in total. The largest absolute Gasteiger partial charge is 0.369 e. The molecule has 0 saturated carbocycles. The van der Waals surface area contributed by atoms with E-state index in [4.69, 9.17) is 0 Å². The van der Waals surface area contributed by atoms with E-state index in [0.29, 0.717) is 6.54 Å². The van der Waals surface area contributed by atoms with Crippen LogP contribution in [-0.2, 0) is 4.79 Å². The highest BCUT2D eigenvalue weighted by Crippen LogP contribution is 2.16. The van der Waals surface area contributed by atoms with Gasteiger partial charge in [-0.05, 0) is 26.0 Å². The van der Waals surface area contributed by atoms with Crippen LogP contribution in [0.4, 0.5) is 11.5 Å². The summed E-state index contributed by atoms with van der Waals surface area (Å²) in [6.45, 7) is 8.20. The molecule has 6 heteroatoms. The van der Waals surface area contributed by atoms with E-state index in [0.717, 1.165) is 32.0 Å². The third-order valence-corrected chi connectivity index (χ3v) is 4.29. The first-order valence-electron chi connectivity index (χ1n) is 8.49. The lowest BCUT2D eigenvalue weighted by atomic mass is 10.2. The van der Waals surface area contributed by atoms with Gasteiger partial charge in [0.15, 0.2) is 0 Å². The highest BCUT2D eigenvalue weighted by Gasteiger charge is 2.19. The van der Waals surface area contributed by atoms with E-state index in [1.54, 1.807) is 6.20 Å². The van der Waals surface area contributed by atoms with Gasteiger partial charge in [0.1, 0.15) is 5.82 Å². The molecule has 0 aliphatic carbocycles. The number of nitrogens with zero attached hydrogens (tertiary/aromatic N) is 4. The number of anilines is 2. The molecular weight excluding hydrogens is 302 g/mol. The number of amides is 1. The number of rotatable bonds is 5. The quantitative estimate of drug-likeness (QED) is 0.915. The molecule has 0 unspecified atom stereocenters. The third-order valence-electron chi connectivity index (χ3n) is 4.29. The Balaban J connectivity index is 1.49. The van der Waals surface area contributed by atoms with Crippen LogP contribution in [0.1, 0.15) is 19.9 Å². The Bertz CT molecular complexity index is 659.